The van der Waals surface area contributed by atoms with Crippen molar-refractivity contribution in [3.63, 3.8) is 0 Å². The first-order valence-electron chi connectivity index (χ1n) is 7.46. The predicted molar refractivity (Wildman–Crippen MR) is 94.3 cm³/mol. The number of anilines is 1. The van der Waals surface area contributed by atoms with E-state index in [9.17, 15) is 4.79 Å². The summed E-state index contributed by atoms with van der Waals surface area (Å²) in [5.74, 6) is -0.265. The van der Waals surface area contributed by atoms with Crippen molar-refractivity contribution in [3.8, 4) is 0 Å². The molecule has 5 nitrogen and oxygen atoms in total. The first kappa shape index (κ1) is 17.1. The second kappa shape index (κ2) is 7.87. The van der Waals surface area contributed by atoms with Gasteiger partial charge in [-0.3, -0.25) is 10.2 Å². The van der Waals surface area contributed by atoms with Crippen molar-refractivity contribution in [2.24, 2.45) is 5.10 Å². The van der Waals surface area contributed by atoms with E-state index in [1.807, 2.05) is 5.38 Å². The predicted octanol–water partition coefficient (Wildman–Crippen LogP) is 3.62. The number of hydrogen-bond acceptors (Lipinski definition) is 6. The van der Waals surface area contributed by atoms with Gasteiger partial charge < -0.3 is 4.74 Å². The van der Waals surface area contributed by atoms with E-state index in [1.54, 1.807) is 13.1 Å². The van der Waals surface area contributed by atoms with Crippen LogP contribution in [0.5, 0.6) is 0 Å². The Hall–Kier alpha value is -2.21. The highest BCUT2D eigenvalue weighted by molar-refractivity contribution is 7.13. The molecule has 0 spiro atoms. The van der Waals surface area contributed by atoms with Gasteiger partial charge in [0, 0.05) is 10.9 Å². The van der Waals surface area contributed by atoms with E-state index in [-0.39, 0.29) is 12.4 Å². The zero-order valence-electron chi connectivity index (χ0n) is 13.8. The Balaban J connectivity index is 1.99. The molecule has 0 amide bonds. The van der Waals surface area contributed by atoms with Gasteiger partial charge in [-0.25, -0.2) is 4.98 Å². The number of rotatable bonds is 6. The summed E-state index contributed by atoms with van der Waals surface area (Å²) in [6, 6.07) is 4.27. The molecule has 0 fully saturated rings. The Morgan fingerprint density at radius 3 is 2.70 bits per heavy atom. The van der Waals surface area contributed by atoms with Crippen LogP contribution in [0.4, 0.5) is 5.13 Å². The van der Waals surface area contributed by atoms with Crippen LogP contribution in [0.2, 0.25) is 0 Å². The minimum atomic E-state index is -0.265. The van der Waals surface area contributed by atoms with Crippen LogP contribution < -0.4 is 5.43 Å². The van der Waals surface area contributed by atoms with Gasteiger partial charge in [0.05, 0.1) is 24.9 Å². The van der Waals surface area contributed by atoms with E-state index in [4.69, 9.17) is 4.74 Å². The van der Waals surface area contributed by atoms with Crippen molar-refractivity contribution < 1.29 is 9.53 Å². The number of aromatic nitrogens is 1. The fourth-order valence-electron chi connectivity index (χ4n) is 2.35. The molecule has 2 rings (SSSR count). The zero-order valence-corrected chi connectivity index (χ0v) is 14.7. The molecule has 6 heteroatoms. The van der Waals surface area contributed by atoms with Crippen LogP contribution >= 0.6 is 11.3 Å². The summed E-state index contributed by atoms with van der Waals surface area (Å²) in [6.45, 7) is 8.40. The second-order valence-electron chi connectivity index (χ2n) is 5.31. The molecule has 23 heavy (non-hydrogen) atoms. The summed E-state index contributed by atoms with van der Waals surface area (Å²) in [5.41, 5.74) is 8.33. The highest BCUT2D eigenvalue weighted by atomic mass is 32.1. The molecule has 1 aromatic heterocycles. The number of hydrogen-bond donors (Lipinski definition) is 1. The molecule has 122 valence electrons. The monoisotopic (exact) mass is 331 g/mol. The number of hydrazone groups is 1. The molecule has 0 unspecified atom stereocenters. The third kappa shape index (κ3) is 4.89. The number of nitrogens with one attached hydrogen (secondary N) is 1. The van der Waals surface area contributed by atoms with Crippen LogP contribution in [0, 0.1) is 20.8 Å². The normalized spacial score (nSPS) is 11.0. The number of nitrogens with zero attached hydrogens (tertiary/aromatic N) is 2. The quantitative estimate of drug-likeness (QED) is 0.499. The molecule has 2 aromatic rings. The number of aryl methyl sites for hydroxylation is 3. The maximum atomic E-state index is 11.4. The minimum absolute atomic E-state index is 0.186. The second-order valence-corrected chi connectivity index (χ2v) is 6.17. The molecular formula is C17H21N3O2S. The van der Waals surface area contributed by atoms with Gasteiger partial charge in [0.25, 0.3) is 0 Å². The molecule has 1 N–H and O–H groups in total. The maximum Gasteiger partial charge on any atom is 0.311 e. The number of benzene rings is 1. The topological polar surface area (TPSA) is 63.6 Å². The van der Waals surface area contributed by atoms with E-state index >= 15 is 0 Å². The lowest BCUT2D eigenvalue weighted by molar-refractivity contribution is -0.142. The van der Waals surface area contributed by atoms with Crippen LogP contribution in [0.3, 0.4) is 0 Å². The summed E-state index contributed by atoms with van der Waals surface area (Å²) in [6.07, 6.45) is 1.99. The number of thiazole rings is 1. The van der Waals surface area contributed by atoms with Crippen LogP contribution in [-0.2, 0) is 16.0 Å². The lowest BCUT2D eigenvalue weighted by atomic mass is 10.0. The van der Waals surface area contributed by atoms with Gasteiger partial charge in [-0.05, 0) is 38.8 Å². The SMILES string of the molecule is CCOC(=O)Cc1csc(NN=Cc2c(C)cc(C)cc2C)n1. The van der Waals surface area contributed by atoms with Crippen molar-refractivity contribution in [1.82, 2.24) is 4.98 Å². The van der Waals surface area contributed by atoms with E-state index in [0.717, 1.165) is 5.56 Å². The van der Waals surface area contributed by atoms with E-state index in [0.29, 0.717) is 17.4 Å². The van der Waals surface area contributed by atoms with E-state index in [2.05, 4.69) is 48.4 Å². The fraction of sp³-hybridized carbons (Fsp3) is 0.353. The number of carbonyl (C=O) groups is 1. The highest BCUT2D eigenvalue weighted by Crippen LogP contribution is 2.17. The van der Waals surface area contributed by atoms with Crippen molar-refractivity contribution in [1.29, 1.82) is 0 Å². The van der Waals surface area contributed by atoms with Gasteiger partial charge in [-0.1, -0.05) is 17.7 Å². The summed E-state index contributed by atoms with van der Waals surface area (Å²) in [7, 11) is 0. The lowest BCUT2D eigenvalue weighted by Crippen LogP contribution is -2.07. The van der Waals surface area contributed by atoms with Crippen LogP contribution in [-0.4, -0.2) is 23.8 Å². The minimum Gasteiger partial charge on any atom is -0.466 e. The summed E-state index contributed by atoms with van der Waals surface area (Å²) in [4.78, 5) is 15.7. The fourth-order valence-corrected chi connectivity index (χ4v) is 3.01. The summed E-state index contributed by atoms with van der Waals surface area (Å²) in [5, 5.41) is 6.73. The molecule has 1 heterocycles. The summed E-state index contributed by atoms with van der Waals surface area (Å²) >= 11 is 1.41. The molecule has 0 saturated heterocycles. The Labute approximate surface area is 140 Å². The smallest absolute Gasteiger partial charge is 0.311 e. The van der Waals surface area contributed by atoms with Crippen LogP contribution in [0.25, 0.3) is 0 Å². The molecule has 0 aliphatic carbocycles. The molecule has 0 aliphatic rings. The van der Waals surface area contributed by atoms with Crippen molar-refractivity contribution >= 4 is 28.7 Å². The molecule has 0 atom stereocenters. The maximum absolute atomic E-state index is 11.4. The Bertz CT molecular complexity index is 699. The van der Waals surface area contributed by atoms with E-state index < -0.39 is 0 Å². The average Bonchev–Trinajstić information content (AvgIpc) is 2.89. The van der Waals surface area contributed by atoms with Gasteiger partial charge in [-0.2, -0.15) is 5.10 Å². The Morgan fingerprint density at radius 1 is 1.35 bits per heavy atom. The molecule has 0 aliphatic heterocycles. The standard InChI is InChI=1S/C17H21N3O2S/c1-5-22-16(21)8-14-10-23-17(19-14)20-18-9-15-12(3)6-11(2)7-13(15)4/h6-7,9-10H,5,8H2,1-4H3,(H,19,20). The van der Waals surface area contributed by atoms with Crippen molar-refractivity contribution in [2.75, 3.05) is 12.0 Å². The highest BCUT2D eigenvalue weighted by Gasteiger charge is 2.08. The van der Waals surface area contributed by atoms with Crippen LogP contribution in [0.1, 0.15) is 34.9 Å². The molecule has 0 saturated carbocycles. The van der Waals surface area contributed by atoms with Gasteiger partial charge in [0.1, 0.15) is 0 Å². The zero-order chi connectivity index (χ0) is 16.8. The molecular weight excluding hydrogens is 310 g/mol. The Morgan fingerprint density at radius 2 is 2.04 bits per heavy atom. The largest absolute Gasteiger partial charge is 0.466 e. The van der Waals surface area contributed by atoms with Crippen molar-refractivity contribution in [3.05, 3.63) is 45.5 Å². The van der Waals surface area contributed by atoms with Gasteiger partial charge in [0.15, 0.2) is 0 Å². The number of carbonyl (C=O) groups excluding carboxylic acids is 1. The van der Waals surface area contributed by atoms with Gasteiger partial charge in [0.2, 0.25) is 5.13 Å². The molecule has 0 radical (unpaired) electrons. The third-order valence-electron chi connectivity index (χ3n) is 3.27. The first-order chi connectivity index (χ1) is 11.0. The van der Waals surface area contributed by atoms with E-state index in [1.165, 1.54) is 28.0 Å². The van der Waals surface area contributed by atoms with Crippen LogP contribution in [0.15, 0.2) is 22.6 Å². The lowest BCUT2D eigenvalue weighted by Gasteiger charge is -2.06. The number of ether oxygens (including phenoxy) is 1. The van der Waals surface area contributed by atoms with Gasteiger partial charge >= 0.3 is 5.97 Å². The average molecular weight is 331 g/mol. The Kier molecular flexibility index (Phi) is 5.87. The number of esters is 1. The van der Waals surface area contributed by atoms with Gasteiger partial charge in [-0.15, -0.1) is 11.3 Å². The third-order valence-corrected chi connectivity index (χ3v) is 4.07. The summed E-state index contributed by atoms with van der Waals surface area (Å²) < 4.78 is 4.91. The first-order valence-corrected chi connectivity index (χ1v) is 8.34. The molecule has 0 bridgehead atoms. The van der Waals surface area contributed by atoms with Crippen molar-refractivity contribution in [2.45, 2.75) is 34.1 Å². The molecule has 1 aromatic carbocycles.